The Balaban J connectivity index is 1.69. The van der Waals surface area contributed by atoms with E-state index in [1.54, 1.807) is 12.1 Å². The number of carbonyl (C=O) groups is 1. The maximum Gasteiger partial charge on any atom is 0.315 e. The van der Waals surface area contributed by atoms with Crippen LogP contribution in [0.3, 0.4) is 0 Å². The predicted octanol–water partition coefficient (Wildman–Crippen LogP) is 2.34. The average molecular weight is 266 g/mol. The standard InChI is InChI=1S/C14H22N2O3/c17-12(13-8-5-9-19-13)10-15-14(18)16-11-6-3-1-2-4-7-11/h5,8-9,11-12,17H,1-4,6-7,10H2,(H2,15,16,18). The normalized spacial score (nSPS) is 18.6. The molecule has 5 heteroatoms. The van der Waals surface area contributed by atoms with Gasteiger partial charge in [0, 0.05) is 6.04 Å². The SMILES string of the molecule is O=C(NCC(O)c1ccco1)NC1CCCCCC1. The minimum atomic E-state index is -0.796. The van der Waals surface area contributed by atoms with Crippen LogP contribution in [0.2, 0.25) is 0 Å². The Hall–Kier alpha value is -1.49. The van der Waals surface area contributed by atoms with Crippen molar-refractivity contribution in [1.29, 1.82) is 0 Å². The average Bonchev–Trinajstić information content (AvgIpc) is 2.82. The van der Waals surface area contributed by atoms with Gasteiger partial charge in [-0.05, 0) is 25.0 Å². The molecule has 0 aromatic carbocycles. The zero-order valence-corrected chi connectivity index (χ0v) is 11.1. The first-order chi connectivity index (χ1) is 9.25. The van der Waals surface area contributed by atoms with Crippen molar-refractivity contribution >= 4 is 6.03 Å². The first-order valence-electron chi connectivity index (χ1n) is 7.01. The van der Waals surface area contributed by atoms with Crippen LogP contribution in [0.25, 0.3) is 0 Å². The Bertz CT molecular complexity index is 370. The van der Waals surface area contributed by atoms with Crippen LogP contribution in [-0.2, 0) is 0 Å². The van der Waals surface area contributed by atoms with Crippen molar-refractivity contribution in [2.45, 2.75) is 50.7 Å². The summed E-state index contributed by atoms with van der Waals surface area (Å²) in [6.07, 6.45) is 7.69. The zero-order valence-electron chi connectivity index (χ0n) is 11.1. The van der Waals surface area contributed by atoms with Crippen molar-refractivity contribution in [1.82, 2.24) is 10.6 Å². The van der Waals surface area contributed by atoms with Gasteiger partial charge in [-0.25, -0.2) is 4.79 Å². The minimum Gasteiger partial charge on any atom is -0.467 e. The van der Waals surface area contributed by atoms with Crippen LogP contribution < -0.4 is 10.6 Å². The van der Waals surface area contributed by atoms with E-state index in [0.29, 0.717) is 5.76 Å². The van der Waals surface area contributed by atoms with Crippen molar-refractivity contribution in [3.05, 3.63) is 24.2 Å². The predicted molar refractivity (Wildman–Crippen MR) is 71.7 cm³/mol. The second kappa shape index (κ2) is 7.19. The van der Waals surface area contributed by atoms with E-state index in [1.807, 2.05) is 0 Å². The van der Waals surface area contributed by atoms with Gasteiger partial charge in [-0.1, -0.05) is 25.7 Å². The summed E-state index contributed by atoms with van der Waals surface area (Å²) < 4.78 is 5.07. The van der Waals surface area contributed by atoms with Crippen LogP contribution in [0.4, 0.5) is 4.79 Å². The van der Waals surface area contributed by atoms with Gasteiger partial charge in [0.1, 0.15) is 11.9 Å². The largest absolute Gasteiger partial charge is 0.467 e. The van der Waals surface area contributed by atoms with Gasteiger partial charge in [-0.3, -0.25) is 0 Å². The maximum absolute atomic E-state index is 11.7. The summed E-state index contributed by atoms with van der Waals surface area (Å²) in [5.41, 5.74) is 0. The summed E-state index contributed by atoms with van der Waals surface area (Å²) in [6.45, 7) is 0.159. The number of urea groups is 1. The molecule has 5 nitrogen and oxygen atoms in total. The number of rotatable bonds is 4. The third-order valence-electron chi connectivity index (χ3n) is 3.52. The Labute approximate surface area is 113 Å². The quantitative estimate of drug-likeness (QED) is 0.732. The fraction of sp³-hybridized carbons (Fsp3) is 0.643. The highest BCUT2D eigenvalue weighted by Gasteiger charge is 2.16. The fourth-order valence-corrected chi connectivity index (χ4v) is 2.43. The topological polar surface area (TPSA) is 74.5 Å². The second-order valence-corrected chi connectivity index (χ2v) is 5.07. The van der Waals surface area contributed by atoms with E-state index in [9.17, 15) is 9.90 Å². The van der Waals surface area contributed by atoms with Gasteiger partial charge in [0.2, 0.25) is 0 Å². The summed E-state index contributed by atoms with van der Waals surface area (Å²) in [7, 11) is 0. The molecule has 1 saturated carbocycles. The van der Waals surface area contributed by atoms with E-state index in [1.165, 1.54) is 31.9 Å². The van der Waals surface area contributed by atoms with Crippen LogP contribution in [-0.4, -0.2) is 23.7 Å². The molecule has 0 spiro atoms. The van der Waals surface area contributed by atoms with Gasteiger partial charge in [0.05, 0.1) is 12.8 Å². The van der Waals surface area contributed by atoms with Crippen LogP contribution in [0, 0.1) is 0 Å². The first kappa shape index (κ1) is 13.9. The summed E-state index contributed by atoms with van der Waals surface area (Å²) in [5.74, 6) is 0.467. The molecule has 106 valence electrons. The van der Waals surface area contributed by atoms with E-state index >= 15 is 0 Å². The van der Waals surface area contributed by atoms with Gasteiger partial charge in [0.15, 0.2) is 0 Å². The van der Waals surface area contributed by atoms with E-state index in [4.69, 9.17) is 4.42 Å². The summed E-state index contributed by atoms with van der Waals surface area (Å²) in [5, 5.41) is 15.4. The van der Waals surface area contributed by atoms with Crippen molar-refractivity contribution < 1.29 is 14.3 Å². The van der Waals surface area contributed by atoms with Crippen LogP contribution in [0.5, 0.6) is 0 Å². The first-order valence-corrected chi connectivity index (χ1v) is 7.01. The third-order valence-corrected chi connectivity index (χ3v) is 3.52. The lowest BCUT2D eigenvalue weighted by Gasteiger charge is -2.17. The Morgan fingerprint density at radius 3 is 2.74 bits per heavy atom. The maximum atomic E-state index is 11.7. The van der Waals surface area contributed by atoms with Crippen molar-refractivity contribution in [3.63, 3.8) is 0 Å². The number of furan rings is 1. The number of aliphatic hydroxyl groups is 1. The molecule has 2 amide bonds. The molecule has 3 N–H and O–H groups in total. The lowest BCUT2D eigenvalue weighted by atomic mass is 10.1. The molecule has 1 aromatic rings. The molecule has 1 aliphatic carbocycles. The van der Waals surface area contributed by atoms with E-state index in [2.05, 4.69) is 10.6 Å². The summed E-state index contributed by atoms with van der Waals surface area (Å²) in [4.78, 5) is 11.7. The second-order valence-electron chi connectivity index (χ2n) is 5.07. The highest BCUT2D eigenvalue weighted by Crippen LogP contribution is 2.17. The smallest absolute Gasteiger partial charge is 0.315 e. The highest BCUT2D eigenvalue weighted by molar-refractivity contribution is 5.74. The molecule has 0 aliphatic heterocycles. The van der Waals surface area contributed by atoms with Crippen LogP contribution >= 0.6 is 0 Å². The number of amides is 2. The molecule has 1 aromatic heterocycles. The van der Waals surface area contributed by atoms with Gasteiger partial charge in [-0.15, -0.1) is 0 Å². The molecule has 1 heterocycles. The third kappa shape index (κ3) is 4.59. The van der Waals surface area contributed by atoms with Gasteiger partial charge in [-0.2, -0.15) is 0 Å². The molecule has 0 radical (unpaired) electrons. The highest BCUT2D eigenvalue weighted by atomic mass is 16.4. The molecule has 1 unspecified atom stereocenters. The van der Waals surface area contributed by atoms with Crippen LogP contribution in [0.1, 0.15) is 50.4 Å². The van der Waals surface area contributed by atoms with Crippen molar-refractivity contribution in [2.75, 3.05) is 6.54 Å². The monoisotopic (exact) mass is 266 g/mol. The Morgan fingerprint density at radius 1 is 1.37 bits per heavy atom. The van der Waals surface area contributed by atoms with Crippen molar-refractivity contribution in [3.8, 4) is 0 Å². The number of aliphatic hydroxyl groups excluding tert-OH is 1. The number of nitrogens with one attached hydrogen (secondary N) is 2. The lowest BCUT2D eigenvalue weighted by Crippen LogP contribution is -2.43. The molecular formula is C14H22N2O3. The lowest BCUT2D eigenvalue weighted by molar-refractivity contribution is 0.147. The fourth-order valence-electron chi connectivity index (χ4n) is 2.43. The van der Waals surface area contributed by atoms with E-state index < -0.39 is 6.10 Å². The Kier molecular flexibility index (Phi) is 5.27. The molecular weight excluding hydrogens is 244 g/mol. The summed E-state index contributed by atoms with van der Waals surface area (Å²) >= 11 is 0. The summed E-state index contributed by atoms with van der Waals surface area (Å²) in [6, 6.07) is 3.46. The molecule has 1 aliphatic rings. The molecule has 1 fully saturated rings. The molecule has 0 bridgehead atoms. The van der Waals surface area contributed by atoms with Crippen molar-refractivity contribution in [2.24, 2.45) is 0 Å². The number of hydrogen-bond acceptors (Lipinski definition) is 3. The van der Waals surface area contributed by atoms with Gasteiger partial charge >= 0.3 is 6.03 Å². The minimum absolute atomic E-state index is 0.159. The zero-order chi connectivity index (χ0) is 13.5. The molecule has 19 heavy (non-hydrogen) atoms. The number of carbonyl (C=O) groups excluding carboxylic acids is 1. The van der Waals surface area contributed by atoms with E-state index in [0.717, 1.165) is 12.8 Å². The molecule has 2 rings (SSSR count). The van der Waals surface area contributed by atoms with Crippen LogP contribution in [0.15, 0.2) is 22.8 Å². The van der Waals surface area contributed by atoms with Gasteiger partial charge in [0.25, 0.3) is 0 Å². The number of hydrogen-bond donors (Lipinski definition) is 3. The van der Waals surface area contributed by atoms with E-state index in [-0.39, 0.29) is 18.6 Å². The molecule has 1 atom stereocenters. The molecule has 0 saturated heterocycles. The Morgan fingerprint density at radius 2 is 2.11 bits per heavy atom. The van der Waals surface area contributed by atoms with Gasteiger partial charge < -0.3 is 20.2 Å².